The molecule has 0 bridgehead atoms. The summed E-state index contributed by atoms with van der Waals surface area (Å²) in [6.07, 6.45) is 6.16. The molecule has 0 saturated heterocycles. The molecule has 0 radical (unpaired) electrons. The van der Waals surface area contributed by atoms with Crippen molar-refractivity contribution in [1.29, 1.82) is 0 Å². The zero-order valence-electron chi connectivity index (χ0n) is 14.1. The summed E-state index contributed by atoms with van der Waals surface area (Å²) >= 11 is 1.63. The van der Waals surface area contributed by atoms with Gasteiger partial charge in [0, 0.05) is 48.1 Å². The van der Waals surface area contributed by atoms with E-state index in [2.05, 4.69) is 15.3 Å². The summed E-state index contributed by atoms with van der Waals surface area (Å²) in [7, 11) is 0. The van der Waals surface area contributed by atoms with Crippen molar-refractivity contribution in [3.8, 4) is 11.5 Å². The van der Waals surface area contributed by atoms with Gasteiger partial charge in [0.15, 0.2) is 11.5 Å². The maximum atomic E-state index is 12.1. The monoisotopic (exact) mass is 359 g/mol. The van der Waals surface area contributed by atoms with E-state index in [4.69, 9.17) is 9.47 Å². The second-order valence-electron chi connectivity index (χ2n) is 5.77. The SMILES string of the molecule is CC(Cc1cnccn1)NC(=O)CCSc1ccc2c(c1)OCCO2. The van der Waals surface area contributed by atoms with E-state index >= 15 is 0 Å². The Balaban J connectivity index is 1.40. The Bertz CT molecular complexity index is 712. The number of aromatic nitrogens is 2. The Morgan fingerprint density at radius 1 is 1.28 bits per heavy atom. The molecule has 25 heavy (non-hydrogen) atoms. The fourth-order valence-electron chi connectivity index (χ4n) is 2.52. The number of hydrogen-bond donors (Lipinski definition) is 1. The maximum Gasteiger partial charge on any atom is 0.221 e. The van der Waals surface area contributed by atoms with Crippen molar-refractivity contribution in [2.45, 2.75) is 30.7 Å². The molecule has 1 aliphatic rings. The van der Waals surface area contributed by atoms with Crippen LogP contribution >= 0.6 is 11.8 Å². The number of rotatable bonds is 7. The van der Waals surface area contributed by atoms with Crippen molar-refractivity contribution >= 4 is 17.7 Å². The molecule has 6 nitrogen and oxygen atoms in total. The van der Waals surface area contributed by atoms with Crippen LogP contribution in [0.25, 0.3) is 0 Å². The molecule has 1 amide bonds. The third-order valence-corrected chi connectivity index (χ3v) is 4.65. The summed E-state index contributed by atoms with van der Waals surface area (Å²) in [6.45, 7) is 3.14. The van der Waals surface area contributed by atoms with Crippen LogP contribution in [0.5, 0.6) is 11.5 Å². The van der Waals surface area contributed by atoms with E-state index < -0.39 is 0 Å². The van der Waals surface area contributed by atoms with Crippen molar-refractivity contribution in [3.05, 3.63) is 42.5 Å². The normalized spacial score (nSPS) is 14.0. The number of amides is 1. The van der Waals surface area contributed by atoms with Crippen LogP contribution in [0.2, 0.25) is 0 Å². The average molecular weight is 359 g/mol. The van der Waals surface area contributed by atoms with Crippen molar-refractivity contribution < 1.29 is 14.3 Å². The summed E-state index contributed by atoms with van der Waals surface area (Å²) in [5.41, 5.74) is 0.876. The van der Waals surface area contributed by atoms with Crippen LogP contribution in [0, 0.1) is 0 Å². The molecule has 2 heterocycles. The number of benzene rings is 1. The molecule has 132 valence electrons. The quantitative estimate of drug-likeness (QED) is 0.766. The highest BCUT2D eigenvalue weighted by atomic mass is 32.2. The van der Waals surface area contributed by atoms with Crippen LogP contribution in [0.1, 0.15) is 19.0 Å². The molecule has 0 aliphatic carbocycles. The number of carbonyl (C=O) groups is 1. The topological polar surface area (TPSA) is 73.3 Å². The van der Waals surface area contributed by atoms with E-state index in [1.807, 2.05) is 25.1 Å². The first-order chi connectivity index (χ1) is 12.2. The maximum absolute atomic E-state index is 12.1. The fraction of sp³-hybridized carbons (Fsp3) is 0.389. The van der Waals surface area contributed by atoms with Gasteiger partial charge in [-0.3, -0.25) is 14.8 Å². The van der Waals surface area contributed by atoms with Crippen LogP contribution in [0.4, 0.5) is 0 Å². The van der Waals surface area contributed by atoms with Gasteiger partial charge in [0.2, 0.25) is 5.91 Å². The molecule has 0 saturated carbocycles. The lowest BCUT2D eigenvalue weighted by Gasteiger charge is -2.18. The molecular formula is C18H21N3O3S. The van der Waals surface area contributed by atoms with Crippen LogP contribution in [0.3, 0.4) is 0 Å². The van der Waals surface area contributed by atoms with Gasteiger partial charge in [0.25, 0.3) is 0 Å². The highest BCUT2D eigenvalue weighted by molar-refractivity contribution is 7.99. The van der Waals surface area contributed by atoms with Gasteiger partial charge in [-0.15, -0.1) is 11.8 Å². The van der Waals surface area contributed by atoms with Crippen LogP contribution < -0.4 is 14.8 Å². The number of nitrogens with zero attached hydrogens (tertiary/aromatic N) is 2. The lowest BCUT2D eigenvalue weighted by Crippen LogP contribution is -2.34. The molecule has 0 fully saturated rings. The van der Waals surface area contributed by atoms with Gasteiger partial charge in [-0.2, -0.15) is 0 Å². The molecule has 0 spiro atoms. The van der Waals surface area contributed by atoms with E-state index in [0.29, 0.717) is 31.8 Å². The zero-order chi connectivity index (χ0) is 17.5. The Morgan fingerprint density at radius 3 is 2.92 bits per heavy atom. The van der Waals surface area contributed by atoms with Gasteiger partial charge in [0.05, 0.1) is 5.69 Å². The second-order valence-corrected chi connectivity index (χ2v) is 6.94. The summed E-state index contributed by atoms with van der Waals surface area (Å²) in [5.74, 6) is 2.31. The van der Waals surface area contributed by atoms with E-state index in [9.17, 15) is 4.79 Å². The standard InChI is InChI=1S/C18H21N3O3S/c1-13(10-14-12-19-5-6-20-14)21-18(22)4-9-25-15-2-3-16-17(11-15)24-8-7-23-16/h2-3,5-6,11-13H,4,7-10H2,1H3,(H,21,22). The number of carbonyl (C=O) groups excluding carboxylic acids is 1. The highest BCUT2D eigenvalue weighted by Gasteiger charge is 2.13. The van der Waals surface area contributed by atoms with Crippen LogP contribution in [0.15, 0.2) is 41.7 Å². The Kier molecular flexibility index (Phi) is 6.11. The minimum Gasteiger partial charge on any atom is -0.486 e. The van der Waals surface area contributed by atoms with Gasteiger partial charge >= 0.3 is 0 Å². The van der Waals surface area contributed by atoms with E-state index in [-0.39, 0.29) is 11.9 Å². The van der Waals surface area contributed by atoms with E-state index in [0.717, 1.165) is 22.1 Å². The summed E-state index contributed by atoms with van der Waals surface area (Å²) in [4.78, 5) is 21.4. The smallest absolute Gasteiger partial charge is 0.221 e. The lowest BCUT2D eigenvalue weighted by atomic mass is 10.2. The minimum atomic E-state index is 0.0310. The lowest BCUT2D eigenvalue weighted by molar-refractivity contribution is -0.121. The minimum absolute atomic E-state index is 0.0310. The van der Waals surface area contributed by atoms with Crippen LogP contribution in [-0.4, -0.2) is 40.9 Å². The van der Waals surface area contributed by atoms with Gasteiger partial charge in [-0.25, -0.2) is 0 Å². The molecule has 1 atom stereocenters. The van der Waals surface area contributed by atoms with Gasteiger partial charge in [-0.05, 0) is 25.1 Å². The first-order valence-corrected chi connectivity index (χ1v) is 9.26. The zero-order valence-corrected chi connectivity index (χ0v) is 14.9. The number of nitrogens with one attached hydrogen (secondary N) is 1. The Morgan fingerprint density at radius 2 is 2.12 bits per heavy atom. The molecule has 1 aromatic heterocycles. The summed E-state index contributed by atoms with van der Waals surface area (Å²) in [5, 5.41) is 3.00. The number of hydrogen-bond acceptors (Lipinski definition) is 6. The van der Waals surface area contributed by atoms with E-state index in [1.165, 1.54) is 0 Å². The highest BCUT2D eigenvalue weighted by Crippen LogP contribution is 2.34. The number of thioether (sulfide) groups is 1. The molecule has 1 aromatic carbocycles. The Labute approximate surface area is 151 Å². The predicted octanol–water partition coefficient (Wildman–Crippen LogP) is 2.48. The average Bonchev–Trinajstić information content (AvgIpc) is 2.62. The molecular weight excluding hydrogens is 338 g/mol. The fourth-order valence-corrected chi connectivity index (χ4v) is 3.40. The van der Waals surface area contributed by atoms with E-state index in [1.54, 1.807) is 30.4 Å². The number of fused-ring (bicyclic) bond motifs is 1. The first-order valence-electron chi connectivity index (χ1n) is 8.27. The Hall–Kier alpha value is -2.28. The second kappa shape index (κ2) is 8.71. The van der Waals surface area contributed by atoms with Gasteiger partial charge in [-0.1, -0.05) is 0 Å². The van der Waals surface area contributed by atoms with Crippen molar-refractivity contribution in [2.75, 3.05) is 19.0 Å². The summed E-state index contributed by atoms with van der Waals surface area (Å²) in [6, 6.07) is 5.91. The predicted molar refractivity (Wildman–Crippen MR) is 96.1 cm³/mol. The van der Waals surface area contributed by atoms with Gasteiger partial charge in [0.1, 0.15) is 13.2 Å². The van der Waals surface area contributed by atoms with Gasteiger partial charge < -0.3 is 14.8 Å². The van der Waals surface area contributed by atoms with Crippen molar-refractivity contribution in [2.24, 2.45) is 0 Å². The van der Waals surface area contributed by atoms with Crippen LogP contribution in [-0.2, 0) is 11.2 Å². The third kappa shape index (κ3) is 5.35. The molecule has 1 aliphatic heterocycles. The molecule has 1 unspecified atom stereocenters. The third-order valence-electron chi connectivity index (χ3n) is 3.65. The largest absolute Gasteiger partial charge is 0.486 e. The molecule has 2 aromatic rings. The molecule has 3 rings (SSSR count). The van der Waals surface area contributed by atoms with Crippen molar-refractivity contribution in [3.63, 3.8) is 0 Å². The van der Waals surface area contributed by atoms with Crippen molar-refractivity contribution in [1.82, 2.24) is 15.3 Å². The summed E-state index contributed by atoms with van der Waals surface area (Å²) < 4.78 is 11.1. The first kappa shape index (κ1) is 17.5. The molecule has 7 heteroatoms. The molecule has 1 N–H and O–H groups in total. The number of ether oxygens (including phenoxy) is 2.